The first-order chi connectivity index (χ1) is 8.69. The van der Waals surface area contributed by atoms with Crippen LogP contribution < -0.4 is 0 Å². The van der Waals surface area contributed by atoms with E-state index in [0.29, 0.717) is 17.6 Å². The lowest BCUT2D eigenvalue weighted by molar-refractivity contribution is 1.07. The van der Waals surface area contributed by atoms with E-state index in [-0.39, 0.29) is 0 Å². The van der Waals surface area contributed by atoms with Gasteiger partial charge in [0.25, 0.3) is 0 Å². The predicted molar refractivity (Wildman–Crippen MR) is 93.0 cm³/mol. The molecular formula is C12H12Br3Cl3. The minimum atomic E-state index is 0.470. The van der Waals surface area contributed by atoms with Gasteiger partial charge in [0.1, 0.15) is 0 Å². The highest BCUT2D eigenvalue weighted by Crippen LogP contribution is 2.35. The molecule has 0 aliphatic carbocycles. The third kappa shape index (κ3) is 3.40. The molecule has 0 nitrogen and oxygen atoms in total. The van der Waals surface area contributed by atoms with Crippen LogP contribution in [0, 0.1) is 0 Å². The summed E-state index contributed by atoms with van der Waals surface area (Å²) in [6.07, 6.45) is 0. The normalized spacial score (nSPS) is 11.0. The molecule has 0 aliphatic rings. The van der Waals surface area contributed by atoms with E-state index in [1.54, 1.807) is 0 Å². The second-order valence-corrected chi connectivity index (χ2v) is 6.16. The van der Waals surface area contributed by atoms with Crippen molar-refractivity contribution in [3.63, 3.8) is 0 Å². The molecule has 0 atom stereocenters. The van der Waals surface area contributed by atoms with Crippen molar-refractivity contribution < 1.29 is 0 Å². The smallest absolute Gasteiger partial charge is 0.0480 e. The SMILES string of the molecule is ClCc1c(CBr)c(CCl)c(CBr)c(CCl)c1CBr. The minimum absolute atomic E-state index is 0.470. The summed E-state index contributed by atoms with van der Waals surface area (Å²) in [7, 11) is 0. The number of benzene rings is 1. The summed E-state index contributed by atoms with van der Waals surface area (Å²) in [5.74, 6) is 1.41. The standard InChI is InChI=1S/C12H12Br3Cl3/c13-1-7-10(4-16)8(2-14)12(6-18)9(3-15)11(7)5-17/h1-6H2. The van der Waals surface area contributed by atoms with E-state index in [4.69, 9.17) is 34.8 Å². The highest BCUT2D eigenvalue weighted by Gasteiger charge is 2.20. The molecular weight excluding hydrogens is 490 g/mol. The van der Waals surface area contributed by atoms with Gasteiger partial charge >= 0.3 is 0 Å². The van der Waals surface area contributed by atoms with Crippen molar-refractivity contribution >= 4 is 82.6 Å². The van der Waals surface area contributed by atoms with Crippen molar-refractivity contribution in [3.05, 3.63) is 33.4 Å². The number of hydrogen-bond acceptors (Lipinski definition) is 0. The van der Waals surface area contributed by atoms with Gasteiger partial charge in [0, 0.05) is 33.6 Å². The van der Waals surface area contributed by atoms with Crippen LogP contribution in [0.2, 0.25) is 0 Å². The molecule has 0 spiro atoms. The van der Waals surface area contributed by atoms with Gasteiger partial charge in [0.05, 0.1) is 0 Å². The van der Waals surface area contributed by atoms with E-state index >= 15 is 0 Å². The van der Waals surface area contributed by atoms with Gasteiger partial charge in [0.2, 0.25) is 0 Å². The molecule has 1 aromatic carbocycles. The Bertz CT molecular complexity index is 301. The molecule has 0 bridgehead atoms. The highest BCUT2D eigenvalue weighted by molar-refractivity contribution is 9.09. The van der Waals surface area contributed by atoms with Gasteiger partial charge in [-0.15, -0.1) is 34.8 Å². The lowest BCUT2D eigenvalue weighted by Gasteiger charge is -2.22. The van der Waals surface area contributed by atoms with Gasteiger partial charge in [-0.25, -0.2) is 0 Å². The fourth-order valence-electron chi connectivity index (χ4n) is 2.06. The molecule has 1 rings (SSSR count). The number of halogens is 6. The summed E-state index contributed by atoms with van der Waals surface area (Å²) in [5.41, 5.74) is 7.00. The van der Waals surface area contributed by atoms with Crippen molar-refractivity contribution in [1.29, 1.82) is 0 Å². The van der Waals surface area contributed by atoms with E-state index in [2.05, 4.69) is 47.8 Å². The maximum Gasteiger partial charge on any atom is 0.0480 e. The van der Waals surface area contributed by atoms with Crippen LogP contribution >= 0.6 is 82.6 Å². The Morgan fingerprint density at radius 1 is 0.500 bits per heavy atom. The number of alkyl halides is 6. The highest BCUT2D eigenvalue weighted by atomic mass is 79.9. The van der Waals surface area contributed by atoms with E-state index in [1.165, 1.54) is 16.7 Å². The molecule has 1 aromatic rings. The molecule has 0 unspecified atom stereocenters. The monoisotopic (exact) mass is 498 g/mol. The Balaban J connectivity index is 3.71. The van der Waals surface area contributed by atoms with Crippen molar-refractivity contribution in [2.45, 2.75) is 33.6 Å². The Kier molecular flexibility index (Phi) is 8.53. The largest absolute Gasteiger partial charge is 0.122 e. The third-order valence-electron chi connectivity index (χ3n) is 2.99. The molecule has 0 saturated heterocycles. The molecule has 0 amide bonds. The number of hydrogen-bond donors (Lipinski definition) is 0. The molecule has 0 N–H and O–H groups in total. The summed E-state index contributed by atoms with van der Waals surface area (Å²) in [4.78, 5) is 0. The Hall–Kier alpha value is 1.53. The average molecular weight is 502 g/mol. The molecule has 18 heavy (non-hydrogen) atoms. The second-order valence-electron chi connectivity index (χ2n) is 3.67. The number of rotatable bonds is 6. The summed E-state index contributed by atoms with van der Waals surface area (Å²) in [6.45, 7) is 0. The van der Waals surface area contributed by atoms with Gasteiger partial charge in [-0.05, 0) is 33.4 Å². The summed E-state index contributed by atoms with van der Waals surface area (Å²) >= 11 is 28.9. The Morgan fingerprint density at radius 3 is 0.833 bits per heavy atom. The first kappa shape index (κ1) is 17.6. The van der Waals surface area contributed by atoms with Crippen LogP contribution in [0.3, 0.4) is 0 Å². The molecule has 0 aromatic heterocycles. The van der Waals surface area contributed by atoms with E-state index < -0.39 is 0 Å². The van der Waals surface area contributed by atoms with Gasteiger partial charge in [0.15, 0.2) is 0 Å². The van der Waals surface area contributed by atoms with E-state index in [1.807, 2.05) is 0 Å². The lowest BCUT2D eigenvalue weighted by Crippen LogP contribution is -2.09. The fourth-order valence-corrected chi connectivity index (χ4v) is 5.06. The van der Waals surface area contributed by atoms with Crippen LogP contribution in [-0.4, -0.2) is 0 Å². The average Bonchev–Trinajstić information content (AvgIpc) is 2.43. The summed E-state index contributed by atoms with van der Waals surface area (Å²) in [5, 5.41) is 2.25. The minimum Gasteiger partial charge on any atom is -0.122 e. The van der Waals surface area contributed by atoms with Gasteiger partial charge in [-0.1, -0.05) is 47.8 Å². The van der Waals surface area contributed by atoms with Crippen molar-refractivity contribution in [2.24, 2.45) is 0 Å². The summed E-state index contributed by atoms with van der Waals surface area (Å²) < 4.78 is 0. The van der Waals surface area contributed by atoms with Crippen molar-refractivity contribution in [1.82, 2.24) is 0 Å². The van der Waals surface area contributed by atoms with Crippen LogP contribution in [0.15, 0.2) is 0 Å². The van der Waals surface area contributed by atoms with Crippen molar-refractivity contribution in [3.8, 4) is 0 Å². The van der Waals surface area contributed by atoms with Crippen LogP contribution in [0.25, 0.3) is 0 Å². The fraction of sp³-hybridized carbons (Fsp3) is 0.500. The first-order valence-corrected chi connectivity index (χ1v) is 10.2. The molecule has 102 valence electrons. The lowest BCUT2D eigenvalue weighted by atomic mass is 9.90. The molecule has 0 fully saturated rings. The van der Waals surface area contributed by atoms with Crippen LogP contribution in [0.1, 0.15) is 33.4 Å². The maximum atomic E-state index is 6.11. The molecule has 6 heteroatoms. The van der Waals surface area contributed by atoms with Crippen LogP contribution in [0.4, 0.5) is 0 Å². The van der Waals surface area contributed by atoms with Crippen LogP contribution in [0.5, 0.6) is 0 Å². The molecule has 0 heterocycles. The van der Waals surface area contributed by atoms with Crippen LogP contribution in [-0.2, 0) is 33.6 Å². The third-order valence-corrected chi connectivity index (χ3v) is 5.47. The zero-order valence-electron chi connectivity index (χ0n) is 9.51. The van der Waals surface area contributed by atoms with Crippen molar-refractivity contribution in [2.75, 3.05) is 0 Å². The second kappa shape index (κ2) is 8.74. The topological polar surface area (TPSA) is 0 Å². The Morgan fingerprint density at radius 2 is 0.722 bits per heavy atom. The first-order valence-electron chi connectivity index (χ1n) is 5.22. The molecule has 0 aliphatic heterocycles. The van der Waals surface area contributed by atoms with Gasteiger partial charge in [-0.3, -0.25) is 0 Å². The Labute approximate surface area is 148 Å². The van der Waals surface area contributed by atoms with Gasteiger partial charge < -0.3 is 0 Å². The molecule has 0 radical (unpaired) electrons. The zero-order valence-corrected chi connectivity index (χ0v) is 16.5. The van der Waals surface area contributed by atoms with Gasteiger partial charge in [-0.2, -0.15) is 0 Å². The predicted octanol–water partition coefficient (Wildman–Crippen LogP) is 6.59. The molecule has 0 saturated carbocycles. The maximum absolute atomic E-state index is 6.11. The summed E-state index contributed by atoms with van der Waals surface area (Å²) in [6, 6.07) is 0. The zero-order chi connectivity index (χ0) is 13.7. The van der Waals surface area contributed by atoms with E-state index in [9.17, 15) is 0 Å². The quantitative estimate of drug-likeness (QED) is 0.386. The van der Waals surface area contributed by atoms with E-state index in [0.717, 1.165) is 32.7 Å².